The molecule has 0 radical (unpaired) electrons. The number of amides is 1. The Morgan fingerprint density at radius 1 is 1.00 bits per heavy atom. The third-order valence-electron chi connectivity index (χ3n) is 4.15. The van der Waals surface area contributed by atoms with Crippen molar-refractivity contribution >= 4 is 23.1 Å². The smallest absolute Gasteiger partial charge is 0.274 e. The molecule has 6 heteroatoms. The first-order chi connectivity index (χ1) is 13.4. The Morgan fingerprint density at radius 2 is 1.75 bits per heavy atom. The molecule has 0 saturated carbocycles. The van der Waals surface area contributed by atoms with Crippen LogP contribution in [0.1, 0.15) is 34.4 Å². The third-order valence-corrected chi connectivity index (χ3v) is 4.15. The van der Waals surface area contributed by atoms with Gasteiger partial charge in [0.1, 0.15) is 23.1 Å². The van der Waals surface area contributed by atoms with Crippen LogP contribution in [0.4, 0.5) is 17.2 Å². The van der Waals surface area contributed by atoms with Crippen molar-refractivity contribution in [2.45, 2.75) is 27.7 Å². The van der Waals surface area contributed by atoms with Crippen molar-refractivity contribution < 1.29 is 9.53 Å². The first-order valence-electron chi connectivity index (χ1n) is 9.19. The van der Waals surface area contributed by atoms with E-state index in [0.29, 0.717) is 29.6 Å². The number of nitrogens with zero attached hydrogens (tertiary/aromatic N) is 2. The van der Waals surface area contributed by atoms with E-state index in [9.17, 15) is 4.79 Å². The van der Waals surface area contributed by atoms with Gasteiger partial charge in [0.25, 0.3) is 5.91 Å². The molecule has 3 rings (SSSR count). The van der Waals surface area contributed by atoms with Crippen LogP contribution >= 0.6 is 0 Å². The molecule has 0 saturated heterocycles. The average molecular weight is 376 g/mol. The normalized spacial score (nSPS) is 10.4. The van der Waals surface area contributed by atoms with Gasteiger partial charge in [0.2, 0.25) is 0 Å². The SMILES string of the molecule is CCOc1ccc(NC(=O)c2cc(Nc3cc(C)ccc3C)nc(C)n2)cc1. The summed E-state index contributed by atoms with van der Waals surface area (Å²) >= 11 is 0. The van der Waals surface area contributed by atoms with Gasteiger partial charge in [0, 0.05) is 17.4 Å². The fourth-order valence-electron chi connectivity index (χ4n) is 2.75. The van der Waals surface area contributed by atoms with Crippen molar-refractivity contribution in [2.24, 2.45) is 0 Å². The van der Waals surface area contributed by atoms with Crippen molar-refractivity contribution in [1.82, 2.24) is 9.97 Å². The second kappa shape index (κ2) is 8.52. The maximum absolute atomic E-state index is 12.6. The zero-order valence-electron chi connectivity index (χ0n) is 16.5. The van der Waals surface area contributed by atoms with Crippen molar-refractivity contribution in [3.05, 3.63) is 71.2 Å². The Morgan fingerprint density at radius 3 is 2.46 bits per heavy atom. The van der Waals surface area contributed by atoms with E-state index in [1.54, 1.807) is 25.1 Å². The van der Waals surface area contributed by atoms with Gasteiger partial charge in [0.15, 0.2) is 0 Å². The molecule has 0 aliphatic heterocycles. The molecule has 28 heavy (non-hydrogen) atoms. The standard InChI is InChI=1S/C22H24N4O2/c1-5-28-18-10-8-17(9-11-18)25-22(27)20-13-21(24-16(4)23-20)26-19-12-14(2)6-7-15(19)3/h6-13H,5H2,1-4H3,(H,25,27)(H,23,24,26). The summed E-state index contributed by atoms with van der Waals surface area (Å²) < 4.78 is 5.41. The van der Waals surface area contributed by atoms with Crippen LogP contribution in [0.5, 0.6) is 5.75 Å². The van der Waals surface area contributed by atoms with E-state index in [2.05, 4.69) is 26.7 Å². The molecule has 1 heterocycles. The van der Waals surface area contributed by atoms with E-state index >= 15 is 0 Å². The zero-order valence-corrected chi connectivity index (χ0v) is 16.5. The Balaban J connectivity index is 1.78. The molecule has 0 aliphatic rings. The molecule has 2 aromatic carbocycles. The number of hydrogen-bond donors (Lipinski definition) is 2. The van der Waals surface area contributed by atoms with Gasteiger partial charge >= 0.3 is 0 Å². The Hall–Kier alpha value is -3.41. The molecular formula is C22H24N4O2. The summed E-state index contributed by atoms with van der Waals surface area (Å²) in [7, 11) is 0. The highest BCUT2D eigenvalue weighted by Gasteiger charge is 2.12. The maximum atomic E-state index is 12.6. The predicted octanol–water partition coefficient (Wildman–Crippen LogP) is 4.80. The summed E-state index contributed by atoms with van der Waals surface area (Å²) in [6.45, 7) is 8.35. The van der Waals surface area contributed by atoms with Crippen LogP contribution in [0.15, 0.2) is 48.5 Å². The summed E-state index contributed by atoms with van der Waals surface area (Å²) in [5.41, 5.74) is 4.17. The summed E-state index contributed by atoms with van der Waals surface area (Å²) in [6, 6.07) is 15.0. The molecule has 2 N–H and O–H groups in total. The average Bonchev–Trinajstić information content (AvgIpc) is 2.66. The topological polar surface area (TPSA) is 76.1 Å². The Bertz CT molecular complexity index is 984. The fraction of sp³-hybridized carbons (Fsp3) is 0.227. The number of ether oxygens (including phenoxy) is 1. The third kappa shape index (κ3) is 4.85. The molecule has 1 amide bonds. The molecule has 0 spiro atoms. The molecule has 0 atom stereocenters. The number of nitrogens with one attached hydrogen (secondary N) is 2. The van der Waals surface area contributed by atoms with E-state index in [4.69, 9.17) is 4.74 Å². The maximum Gasteiger partial charge on any atom is 0.274 e. The zero-order chi connectivity index (χ0) is 20.1. The number of rotatable bonds is 6. The van der Waals surface area contributed by atoms with Crippen LogP contribution in [-0.2, 0) is 0 Å². The lowest BCUT2D eigenvalue weighted by Crippen LogP contribution is -2.15. The van der Waals surface area contributed by atoms with Crippen LogP contribution in [-0.4, -0.2) is 22.5 Å². The lowest BCUT2D eigenvalue weighted by atomic mass is 10.1. The van der Waals surface area contributed by atoms with Crippen molar-refractivity contribution in [2.75, 3.05) is 17.2 Å². The van der Waals surface area contributed by atoms with Crippen LogP contribution in [0.3, 0.4) is 0 Å². The highest BCUT2D eigenvalue weighted by atomic mass is 16.5. The molecule has 144 valence electrons. The Labute approximate surface area is 165 Å². The van der Waals surface area contributed by atoms with Crippen LogP contribution in [0.2, 0.25) is 0 Å². The molecular weight excluding hydrogens is 352 g/mol. The lowest BCUT2D eigenvalue weighted by molar-refractivity contribution is 0.102. The van der Waals surface area contributed by atoms with E-state index in [0.717, 1.165) is 22.6 Å². The number of carbonyl (C=O) groups excluding carboxylic acids is 1. The Kier molecular flexibility index (Phi) is 5.89. The van der Waals surface area contributed by atoms with E-state index in [1.165, 1.54) is 0 Å². The summed E-state index contributed by atoms with van der Waals surface area (Å²) in [5.74, 6) is 1.57. The first kappa shape index (κ1) is 19.4. The fourth-order valence-corrected chi connectivity index (χ4v) is 2.75. The van der Waals surface area contributed by atoms with Gasteiger partial charge in [-0.05, 0) is 69.2 Å². The molecule has 0 unspecified atom stereocenters. The number of anilines is 3. The minimum Gasteiger partial charge on any atom is -0.494 e. The van der Waals surface area contributed by atoms with Crippen LogP contribution in [0, 0.1) is 20.8 Å². The van der Waals surface area contributed by atoms with Crippen LogP contribution in [0.25, 0.3) is 0 Å². The molecule has 6 nitrogen and oxygen atoms in total. The first-order valence-corrected chi connectivity index (χ1v) is 9.19. The minimum atomic E-state index is -0.293. The van der Waals surface area contributed by atoms with Gasteiger partial charge in [-0.1, -0.05) is 12.1 Å². The highest BCUT2D eigenvalue weighted by molar-refractivity contribution is 6.03. The number of aryl methyl sites for hydroxylation is 3. The summed E-state index contributed by atoms with van der Waals surface area (Å²) in [6.07, 6.45) is 0. The van der Waals surface area contributed by atoms with Crippen molar-refractivity contribution in [3.8, 4) is 5.75 Å². The van der Waals surface area contributed by atoms with Crippen LogP contribution < -0.4 is 15.4 Å². The van der Waals surface area contributed by atoms with Gasteiger partial charge in [-0.2, -0.15) is 0 Å². The second-order valence-electron chi connectivity index (χ2n) is 6.54. The lowest BCUT2D eigenvalue weighted by Gasteiger charge is -2.12. The largest absolute Gasteiger partial charge is 0.494 e. The van der Waals surface area contributed by atoms with E-state index in [-0.39, 0.29) is 5.91 Å². The van der Waals surface area contributed by atoms with Crippen molar-refractivity contribution in [3.63, 3.8) is 0 Å². The number of aromatic nitrogens is 2. The number of carbonyl (C=O) groups is 1. The number of benzene rings is 2. The molecule has 0 bridgehead atoms. The van der Waals surface area contributed by atoms with Crippen molar-refractivity contribution in [1.29, 1.82) is 0 Å². The summed E-state index contributed by atoms with van der Waals surface area (Å²) in [5, 5.41) is 6.14. The van der Waals surface area contributed by atoms with E-state index < -0.39 is 0 Å². The predicted molar refractivity (Wildman–Crippen MR) is 112 cm³/mol. The minimum absolute atomic E-state index is 0.293. The molecule has 0 fully saturated rings. The van der Waals surface area contributed by atoms with E-state index in [1.807, 2.05) is 45.0 Å². The van der Waals surface area contributed by atoms with Gasteiger partial charge in [-0.25, -0.2) is 9.97 Å². The van der Waals surface area contributed by atoms with Gasteiger partial charge in [-0.15, -0.1) is 0 Å². The summed E-state index contributed by atoms with van der Waals surface area (Å²) in [4.78, 5) is 21.3. The molecule has 3 aromatic rings. The quantitative estimate of drug-likeness (QED) is 0.646. The molecule has 1 aromatic heterocycles. The highest BCUT2D eigenvalue weighted by Crippen LogP contribution is 2.22. The van der Waals surface area contributed by atoms with Gasteiger partial charge < -0.3 is 15.4 Å². The van der Waals surface area contributed by atoms with Gasteiger partial charge in [0.05, 0.1) is 6.61 Å². The molecule has 0 aliphatic carbocycles. The number of hydrogen-bond acceptors (Lipinski definition) is 5. The monoisotopic (exact) mass is 376 g/mol. The second-order valence-corrected chi connectivity index (χ2v) is 6.54. The van der Waals surface area contributed by atoms with Gasteiger partial charge in [-0.3, -0.25) is 4.79 Å².